The van der Waals surface area contributed by atoms with Gasteiger partial charge in [0.15, 0.2) is 0 Å². The standard InChI is InChI=1S/C10H15NO/c1-3-4-5-9-6-10(12)8(2)11-7-9/h6-7,12H,3-5H2,1-2H3. The molecule has 0 saturated heterocycles. The molecule has 2 nitrogen and oxygen atoms in total. The maximum Gasteiger partial charge on any atom is 0.137 e. The first-order valence-electron chi connectivity index (χ1n) is 4.38. The lowest BCUT2D eigenvalue weighted by atomic mass is 10.1. The molecule has 0 radical (unpaired) electrons. The summed E-state index contributed by atoms with van der Waals surface area (Å²) in [6.07, 6.45) is 5.18. The van der Waals surface area contributed by atoms with Crippen molar-refractivity contribution in [2.24, 2.45) is 0 Å². The predicted octanol–water partition coefficient (Wildman–Crippen LogP) is 2.44. The molecule has 66 valence electrons. The lowest BCUT2D eigenvalue weighted by Crippen LogP contribution is -1.88. The van der Waals surface area contributed by atoms with Crippen LogP contribution in [0.4, 0.5) is 0 Å². The third-order valence-corrected chi connectivity index (χ3v) is 1.94. The second kappa shape index (κ2) is 4.10. The Balaban J connectivity index is 2.69. The molecule has 0 aliphatic rings. The number of aromatic hydroxyl groups is 1. The van der Waals surface area contributed by atoms with Crippen molar-refractivity contribution in [2.45, 2.75) is 33.1 Å². The lowest BCUT2D eigenvalue weighted by Gasteiger charge is -2.01. The van der Waals surface area contributed by atoms with Gasteiger partial charge in [0.1, 0.15) is 5.75 Å². The minimum Gasteiger partial charge on any atom is -0.506 e. The molecule has 0 bridgehead atoms. The number of unbranched alkanes of at least 4 members (excludes halogenated alkanes) is 1. The van der Waals surface area contributed by atoms with E-state index in [2.05, 4.69) is 11.9 Å². The Morgan fingerprint density at radius 2 is 2.25 bits per heavy atom. The number of aromatic nitrogens is 1. The summed E-state index contributed by atoms with van der Waals surface area (Å²) >= 11 is 0. The molecule has 0 spiro atoms. The largest absolute Gasteiger partial charge is 0.506 e. The van der Waals surface area contributed by atoms with Crippen LogP contribution in [0.25, 0.3) is 0 Å². The molecule has 0 atom stereocenters. The quantitative estimate of drug-likeness (QED) is 0.746. The zero-order chi connectivity index (χ0) is 8.97. The summed E-state index contributed by atoms with van der Waals surface area (Å²) in [6, 6.07) is 1.80. The summed E-state index contributed by atoms with van der Waals surface area (Å²) in [5.41, 5.74) is 1.83. The first-order chi connectivity index (χ1) is 5.74. The van der Waals surface area contributed by atoms with Crippen LogP contribution in [-0.4, -0.2) is 10.1 Å². The van der Waals surface area contributed by atoms with Gasteiger partial charge >= 0.3 is 0 Å². The first kappa shape index (κ1) is 9.04. The highest BCUT2D eigenvalue weighted by Crippen LogP contribution is 2.15. The monoisotopic (exact) mass is 165 g/mol. The molecule has 0 aromatic carbocycles. The van der Waals surface area contributed by atoms with Gasteiger partial charge in [-0.2, -0.15) is 0 Å². The minimum atomic E-state index is 0.309. The smallest absolute Gasteiger partial charge is 0.137 e. The van der Waals surface area contributed by atoms with Crippen molar-refractivity contribution >= 4 is 0 Å². The van der Waals surface area contributed by atoms with Crippen LogP contribution in [0.3, 0.4) is 0 Å². The van der Waals surface area contributed by atoms with Crippen molar-refractivity contribution in [3.8, 4) is 5.75 Å². The van der Waals surface area contributed by atoms with Crippen LogP contribution < -0.4 is 0 Å². The van der Waals surface area contributed by atoms with E-state index in [0.29, 0.717) is 11.4 Å². The topological polar surface area (TPSA) is 33.1 Å². The average molecular weight is 165 g/mol. The first-order valence-corrected chi connectivity index (χ1v) is 4.38. The molecule has 0 unspecified atom stereocenters. The van der Waals surface area contributed by atoms with E-state index < -0.39 is 0 Å². The van der Waals surface area contributed by atoms with E-state index in [1.807, 2.05) is 6.20 Å². The Labute approximate surface area is 73.3 Å². The Morgan fingerprint density at radius 3 is 2.83 bits per heavy atom. The van der Waals surface area contributed by atoms with E-state index in [1.165, 1.54) is 6.42 Å². The normalized spacial score (nSPS) is 10.2. The third-order valence-electron chi connectivity index (χ3n) is 1.94. The molecule has 0 aliphatic carbocycles. The summed E-state index contributed by atoms with van der Waals surface area (Å²) in [6.45, 7) is 3.96. The molecular formula is C10H15NO. The van der Waals surface area contributed by atoms with Crippen LogP contribution in [0.15, 0.2) is 12.3 Å². The number of aryl methyl sites for hydroxylation is 2. The van der Waals surface area contributed by atoms with Crippen LogP contribution in [0.5, 0.6) is 5.75 Å². The number of hydrogen-bond donors (Lipinski definition) is 1. The number of rotatable bonds is 3. The van der Waals surface area contributed by atoms with E-state index >= 15 is 0 Å². The minimum absolute atomic E-state index is 0.309. The zero-order valence-corrected chi connectivity index (χ0v) is 7.67. The lowest BCUT2D eigenvalue weighted by molar-refractivity contribution is 0.466. The van der Waals surface area contributed by atoms with E-state index in [-0.39, 0.29) is 0 Å². The van der Waals surface area contributed by atoms with E-state index in [4.69, 9.17) is 0 Å². The third kappa shape index (κ3) is 2.22. The Morgan fingerprint density at radius 1 is 1.50 bits per heavy atom. The van der Waals surface area contributed by atoms with Gasteiger partial charge in [0, 0.05) is 6.20 Å². The summed E-state index contributed by atoms with van der Waals surface area (Å²) in [4.78, 5) is 4.08. The van der Waals surface area contributed by atoms with Crippen LogP contribution in [0.1, 0.15) is 31.0 Å². The average Bonchev–Trinajstić information content (AvgIpc) is 2.07. The number of hydrogen-bond acceptors (Lipinski definition) is 2. The molecule has 2 heteroatoms. The van der Waals surface area contributed by atoms with Gasteiger partial charge in [0.2, 0.25) is 0 Å². The summed E-state index contributed by atoms with van der Waals surface area (Å²) in [5, 5.41) is 9.34. The van der Waals surface area contributed by atoms with Crippen molar-refractivity contribution < 1.29 is 5.11 Å². The van der Waals surface area contributed by atoms with Gasteiger partial charge < -0.3 is 5.11 Å². The summed E-state index contributed by atoms with van der Waals surface area (Å²) in [7, 11) is 0. The van der Waals surface area contributed by atoms with Crippen LogP contribution in [0.2, 0.25) is 0 Å². The fourth-order valence-electron chi connectivity index (χ4n) is 1.08. The van der Waals surface area contributed by atoms with Gasteiger partial charge in [0.05, 0.1) is 5.69 Å². The summed E-state index contributed by atoms with van der Waals surface area (Å²) < 4.78 is 0. The molecule has 1 rings (SSSR count). The Hall–Kier alpha value is -1.05. The van der Waals surface area contributed by atoms with Gasteiger partial charge in [0.25, 0.3) is 0 Å². The molecule has 1 heterocycles. The molecular weight excluding hydrogens is 150 g/mol. The Bertz CT molecular complexity index is 258. The van der Waals surface area contributed by atoms with Crippen LogP contribution in [-0.2, 0) is 6.42 Å². The highest BCUT2D eigenvalue weighted by molar-refractivity contribution is 5.28. The molecule has 0 fully saturated rings. The predicted molar refractivity (Wildman–Crippen MR) is 49.3 cm³/mol. The van der Waals surface area contributed by atoms with Crippen LogP contribution >= 0.6 is 0 Å². The maximum atomic E-state index is 9.34. The van der Waals surface area contributed by atoms with E-state index in [9.17, 15) is 5.11 Å². The molecule has 1 N–H and O–H groups in total. The van der Waals surface area contributed by atoms with Crippen molar-refractivity contribution in [3.05, 3.63) is 23.5 Å². The number of pyridine rings is 1. The molecule has 1 aromatic rings. The SMILES string of the molecule is CCCCc1cnc(C)c(O)c1. The second-order valence-electron chi connectivity index (χ2n) is 3.05. The zero-order valence-electron chi connectivity index (χ0n) is 7.67. The molecule has 0 aliphatic heterocycles. The second-order valence-corrected chi connectivity index (χ2v) is 3.05. The van der Waals surface area contributed by atoms with Gasteiger partial charge in [-0.25, -0.2) is 0 Å². The van der Waals surface area contributed by atoms with Gasteiger partial charge in [-0.05, 0) is 31.4 Å². The van der Waals surface area contributed by atoms with Crippen LogP contribution in [0, 0.1) is 6.92 Å². The van der Waals surface area contributed by atoms with Gasteiger partial charge in [-0.1, -0.05) is 13.3 Å². The van der Waals surface area contributed by atoms with E-state index in [0.717, 1.165) is 18.4 Å². The fraction of sp³-hybridized carbons (Fsp3) is 0.500. The van der Waals surface area contributed by atoms with Crippen molar-refractivity contribution in [1.82, 2.24) is 4.98 Å². The molecule has 0 saturated carbocycles. The summed E-state index contributed by atoms with van der Waals surface area (Å²) in [5.74, 6) is 0.309. The maximum absolute atomic E-state index is 9.34. The molecule has 0 amide bonds. The Kier molecular flexibility index (Phi) is 3.09. The van der Waals surface area contributed by atoms with Gasteiger partial charge in [-0.15, -0.1) is 0 Å². The molecule has 12 heavy (non-hydrogen) atoms. The fourth-order valence-corrected chi connectivity index (χ4v) is 1.08. The van der Waals surface area contributed by atoms with Crippen molar-refractivity contribution in [2.75, 3.05) is 0 Å². The van der Waals surface area contributed by atoms with Crippen molar-refractivity contribution in [1.29, 1.82) is 0 Å². The van der Waals surface area contributed by atoms with Crippen molar-refractivity contribution in [3.63, 3.8) is 0 Å². The highest BCUT2D eigenvalue weighted by atomic mass is 16.3. The molecule has 1 aromatic heterocycles. The van der Waals surface area contributed by atoms with Gasteiger partial charge in [-0.3, -0.25) is 4.98 Å². The highest BCUT2D eigenvalue weighted by Gasteiger charge is 1.98. The van der Waals surface area contributed by atoms with E-state index in [1.54, 1.807) is 13.0 Å². The number of nitrogens with zero attached hydrogens (tertiary/aromatic N) is 1.